The molecular formula is C16H19N3O3S. The van der Waals surface area contributed by atoms with Gasteiger partial charge in [-0.25, -0.2) is 0 Å². The van der Waals surface area contributed by atoms with Gasteiger partial charge >= 0.3 is 0 Å². The summed E-state index contributed by atoms with van der Waals surface area (Å²) in [5.41, 5.74) is 7.87. The Bertz CT molecular complexity index is 682. The molecule has 0 spiro atoms. The van der Waals surface area contributed by atoms with Crippen molar-refractivity contribution in [2.75, 3.05) is 31.8 Å². The summed E-state index contributed by atoms with van der Waals surface area (Å²) < 4.78 is 19.2. The summed E-state index contributed by atoms with van der Waals surface area (Å²) in [5, 5.41) is 7.34. The van der Waals surface area contributed by atoms with E-state index in [1.54, 1.807) is 27.4 Å². The second kappa shape index (κ2) is 7.64. The molecule has 0 unspecified atom stereocenters. The van der Waals surface area contributed by atoms with Gasteiger partial charge < -0.3 is 30.1 Å². The van der Waals surface area contributed by atoms with Crippen molar-refractivity contribution in [2.45, 2.75) is 4.90 Å². The molecule has 122 valence electrons. The highest BCUT2D eigenvalue weighted by Gasteiger charge is 2.13. The van der Waals surface area contributed by atoms with Crippen molar-refractivity contribution in [3.05, 3.63) is 35.9 Å². The fraction of sp³-hybridized carbons (Fsp3) is 0.188. The second-order valence-corrected chi connectivity index (χ2v) is 5.43. The molecule has 0 saturated carbocycles. The molecule has 0 heterocycles. The van der Waals surface area contributed by atoms with Crippen LogP contribution in [0.1, 0.15) is 5.56 Å². The Balaban J connectivity index is 2.22. The maximum Gasteiger partial charge on any atom is 0.203 e. The Morgan fingerprint density at radius 3 is 2.22 bits per heavy atom. The topological polar surface area (TPSA) is 89.6 Å². The van der Waals surface area contributed by atoms with Gasteiger partial charge in [-0.2, -0.15) is 0 Å². The number of rotatable bonds is 7. The predicted octanol–water partition coefficient (Wildman–Crippen LogP) is 3.41. The van der Waals surface area contributed by atoms with E-state index < -0.39 is 0 Å². The number of hydrogen-bond acceptors (Lipinski definition) is 7. The molecule has 0 atom stereocenters. The molecule has 0 bridgehead atoms. The lowest BCUT2D eigenvalue weighted by Gasteiger charge is -2.14. The largest absolute Gasteiger partial charge is 0.493 e. The molecule has 23 heavy (non-hydrogen) atoms. The molecular weight excluding hydrogens is 314 g/mol. The zero-order chi connectivity index (χ0) is 16.8. The summed E-state index contributed by atoms with van der Waals surface area (Å²) >= 11 is 1.40. The zero-order valence-electron chi connectivity index (χ0n) is 13.2. The molecule has 0 aliphatic carbocycles. The molecule has 7 heteroatoms. The van der Waals surface area contributed by atoms with Crippen molar-refractivity contribution in [3.63, 3.8) is 0 Å². The molecule has 2 aromatic rings. The van der Waals surface area contributed by atoms with Crippen LogP contribution in [0.15, 0.2) is 35.2 Å². The summed E-state index contributed by atoms with van der Waals surface area (Å²) in [6.45, 7) is 0. The van der Waals surface area contributed by atoms with Gasteiger partial charge in [-0.1, -0.05) is 0 Å². The molecule has 2 rings (SSSR count). The van der Waals surface area contributed by atoms with Crippen molar-refractivity contribution < 1.29 is 14.2 Å². The number of hydrogen-bond donors (Lipinski definition) is 3. The average molecular weight is 333 g/mol. The molecule has 2 aromatic carbocycles. The molecule has 0 amide bonds. The number of nitrogens with one attached hydrogen (secondary N) is 2. The Morgan fingerprint density at radius 2 is 1.70 bits per heavy atom. The Hall–Kier alpha value is -2.54. The fourth-order valence-corrected chi connectivity index (χ4v) is 2.69. The predicted molar refractivity (Wildman–Crippen MR) is 94.3 cm³/mol. The van der Waals surface area contributed by atoms with Crippen LogP contribution in [0.5, 0.6) is 17.2 Å². The molecule has 0 saturated heterocycles. The SMILES string of the molecule is COc1cc(SNc2ccc(N)c(C=N)c2)cc(OC)c1OC. The van der Waals surface area contributed by atoms with Gasteiger partial charge in [-0.05, 0) is 42.3 Å². The van der Waals surface area contributed by atoms with Gasteiger partial charge in [0, 0.05) is 28.0 Å². The molecule has 0 radical (unpaired) electrons. The molecule has 0 fully saturated rings. The van der Waals surface area contributed by atoms with Crippen LogP contribution in [0.3, 0.4) is 0 Å². The van der Waals surface area contributed by atoms with Crippen molar-refractivity contribution in [2.24, 2.45) is 0 Å². The normalized spacial score (nSPS) is 10.0. The van der Waals surface area contributed by atoms with Crippen LogP contribution < -0.4 is 24.7 Å². The van der Waals surface area contributed by atoms with Crippen LogP contribution in [0.4, 0.5) is 11.4 Å². The zero-order valence-corrected chi connectivity index (χ0v) is 14.0. The molecule has 0 aliphatic heterocycles. The van der Waals surface area contributed by atoms with Gasteiger partial charge in [0.25, 0.3) is 0 Å². The van der Waals surface area contributed by atoms with E-state index in [0.717, 1.165) is 10.6 Å². The van der Waals surface area contributed by atoms with E-state index in [4.69, 9.17) is 25.4 Å². The number of methoxy groups -OCH3 is 3. The number of nitrogens with two attached hydrogens (primary N) is 1. The minimum absolute atomic E-state index is 0.554. The lowest BCUT2D eigenvalue weighted by atomic mass is 10.2. The Kier molecular flexibility index (Phi) is 5.59. The third-order valence-corrected chi connectivity index (χ3v) is 3.98. The number of nitrogen functional groups attached to an aromatic ring is 1. The van der Waals surface area contributed by atoms with Crippen LogP contribution in [0, 0.1) is 5.41 Å². The van der Waals surface area contributed by atoms with Gasteiger partial charge in [0.1, 0.15) is 0 Å². The summed E-state index contributed by atoms with van der Waals surface area (Å²) in [6, 6.07) is 9.14. The van der Waals surface area contributed by atoms with Gasteiger partial charge in [0.2, 0.25) is 5.75 Å². The van der Waals surface area contributed by atoms with E-state index in [0.29, 0.717) is 28.5 Å². The van der Waals surface area contributed by atoms with E-state index >= 15 is 0 Å². The highest BCUT2D eigenvalue weighted by molar-refractivity contribution is 8.00. The van der Waals surface area contributed by atoms with Crippen LogP contribution in [0.25, 0.3) is 0 Å². The van der Waals surface area contributed by atoms with Crippen LogP contribution in [-0.2, 0) is 0 Å². The maximum atomic E-state index is 7.34. The lowest BCUT2D eigenvalue weighted by Crippen LogP contribution is -1.97. The van der Waals surface area contributed by atoms with E-state index in [1.165, 1.54) is 18.2 Å². The van der Waals surface area contributed by atoms with E-state index in [2.05, 4.69) is 4.72 Å². The summed E-state index contributed by atoms with van der Waals surface area (Å²) in [6.07, 6.45) is 1.23. The van der Waals surface area contributed by atoms with Crippen molar-refractivity contribution in [1.29, 1.82) is 5.41 Å². The number of ether oxygens (including phenoxy) is 3. The quantitative estimate of drug-likeness (QED) is 0.409. The maximum absolute atomic E-state index is 7.34. The standard InChI is InChI=1S/C16H19N3O3S/c1-20-14-7-12(8-15(21-2)16(14)22-3)23-19-11-4-5-13(18)10(6-11)9-17/h4-9,17,19H,18H2,1-3H3. The first-order chi connectivity index (χ1) is 11.1. The molecule has 4 N–H and O–H groups in total. The van der Waals surface area contributed by atoms with E-state index in [1.807, 2.05) is 24.3 Å². The van der Waals surface area contributed by atoms with Crippen molar-refractivity contribution in [3.8, 4) is 17.2 Å². The first-order valence-corrected chi connectivity index (χ1v) is 7.57. The first-order valence-electron chi connectivity index (χ1n) is 6.75. The highest BCUT2D eigenvalue weighted by Crippen LogP contribution is 2.41. The third kappa shape index (κ3) is 3.81. The summed E-state index contributed by atoms with van der Waals surface area (Å²) in [7, 11) is 4.73. The van der Waals surface area contributed by atoms with E-state index in [-0.39, 0.29) is 0 Å². The molecule has 0 aromatic heterocycles. The van der Waals surface area contributed by atoms with Crippen molar-refractivity contribution >= 4 is 29.5 Å². The first kappa shape index (κ1) is 16.8. The van der Waals surface area contributed by atoms with Crippen molar-refractivity contribution in [1.82, 2.24) is 0 Å². The lowest BCUT2D eigenvalue weighted by molar-refractivity contribution is 0.323. The minimum atomic E-state index is 0.554. The smallest absolute Gasteiger partial charge is 0.203 e. The number of benzene rings is 2. The second-order valence-electron chi connectivity index (χ2n) is 4.55. The van der Waals surface area contributed by atoms with Gasteiger partial charge in [-0.3, -0.25) is 0 Å². The molecule has 0 aliphatic rings. The van der Waals surface area contributed by atoms with Gasteiger partial charge in [-0.15, -0.1) is 0 Å². The third-order valence-electron chi connectivity index (χ3n) is 3.17. The summed E-state index contributed by atoms with van der Waals surface area (Å²) in [5.74, 6) is 1.74. The van der Waals surface area contributed by atoms with Crippen LogP contribution >= 0.6 is 11.9 Å². The van der Waals surface area contributed by atoms with Gasteiger partial charge in [0.15, 0.2) is 11.5 Å². The molecule has 6 nitrogen and oxygen atoms in total. The monoisotopic (exact) mass is 333 g/mol. The minimum Gasteiger partial charge on any atom is -0.493 e. The van der Waals surface area contributed by atoms with Gasteiger partial charge in [0.05, 0.1) is 21.3 Å². The number of anilines is 2. The van der Waals surface area contributed by atoms with Crippen LogP contribution in [0.2, 0.25) is 0 Å². The summed E-state index contributed by atoms with van der Waals surface area (Å²) in [4.78, 5) is 0.896. The Morgan fingerprint density at radius 1 is 1.04 bits per heavy atom. The Labute approximate surface area is 139 Å². The average Bonchev–Trinajstić information content (AvgIpc) is 2.59. The fourth-order valence-electron chi connectivity index (χ4n) is 2.00. The van der Waals surface area contributed by atoms with E-state index in [9.17, 15) is 0 Å². The van der Waals surface area contributed by atoms with Crippen LogP contribution in [-0.4, -0.2) is 27.5 Å². The highest BCUT2D eigenvalue weighted by atomic mass is 32.2.